The number of nitrogens with one attached hydrogen (secondary N) is 2. The van der Waals surface area contributed by atoms with Crippen molar-refractivity contribution in [2.24, 2.45) is 0 Å². The highest BCUT2D eigenvalue weighted by molar-refractivity contribution is 6.11. The molecular formula is C24H24N6O2. The molecule has 1 aliphatic heterocycles. The van der Waals surface area contributed by atoms with Crippen LogP contribution >= 0.6 is 0 Å². The number of hydrogen-bond donors (Lipinski definition) is 2. The quantitative estimate of drug-likeness (QED) is 0.506. The Morgan fingerprint density at radius 3 is 2.81 bits per heavy atom. The molecule has 1 aliphatic rings. The smallest absolute Gasteiger partial charge is 0.259 e. The monoisotopic (exact) mass is 428 g/mol. The van der Waals surface area contributed by atoms with E-state index in [1.165, 1.54) is 0 Å². The standard InChI is InChI=1S/C24H24N6O2/c1-16-14-17(8-9-25-16)23-27-20-6-3-5-19(22(20)29-23)24(31)28-21-7-2-4-18(26-21)15-30-10-12-32-13-11-30/h2-9,14H,10-13,15H2,1H3,(H,27,29)(H,26,28,31). The van der Waals surface area contributed by atoms with Crippen molar-refractivity contribution >= 4 is 22.8 Å². The molecule has 0 unspecified atom stereocenters. The number of nitrogens with zero attached hydrogens (tertiary/aromatic N) is 4. The van der Waals surface area contributed by atoms with Crippen LogP contribution in [0.4, 0.5) is 5.82 Å². The maximum Gasteiger partial charge on any atom is 0.259 e. The van der Waals surface area contributed by atoms with Crippen LogP contribution in [0.1, 0.15) is 21.7 Å². The zero-order chi connectivity index (χ0) is 21.9. The lowest BCUT2D eigenvalue weighted by atomic mass is 10.1. The first-order chi connectivity index (χ1) is 15.7. The number of carbonyl (C=O) groups excluding carboxylic acids is 1. The lowest BCUT2D eigenvalue weighted by Gasteiger charge is -2.26. The van der Waals surface area contributed by atoms with E-state index in [1.54, 1.807) is 18.3 Å². The van der Waals surface area contributed by atoms with Crippen molar-refractivity contribution in [1.29, 1.82) is 0 Å². The summed E-state index contributed by atoms with van der Waals surface area (Å²) in [4.78, 5) is 32.2. The first-order valence-corrected chi connectivity index (χ1v) is 10.6. The van der Waals surface area contributed by atoms with E-state index in [-0.39, 0.29) is 5.91 Å². The normalized spacial score (nSPS) is 14.5. The van der Waals surface area contributed by atoms with Gasteiger partial charge in [0.2, 0.25) is 0 Å². The van der Waals surface area contributed by atoms with Gasteiger partial charge in [0.1, 0.15) is 17.2 Å². The minimum Gasteiger partial charge on any atom is -0.379 e. The van der Waals surface area contributed by atoms with Crippen LogP contribution in [0.5, 0.6) is 0 Å². The Balaban J connectivity index is 1.37. The number of rotatable bonds is 5. The summed E-state index contributed by atoms with van der Waals surface area (Å²) in [6, 6.07) is 15.1. The fourth-order valence-corrected chi connectivity index (χ4v) is 3.85. The molecule has 0 saturated carbocycles. The number of aromatic amines is 1. The van der Waals surface area contributed by atoms with E-state index < -0.39 is 0 Å². The molecule has 1 fully saturated rings. The number of aryl methyl sites for hydroxylation is 1. The van der Waals surface area contributed by atoms with E-state index in [4.69, 9.17) is 9.72 Å². The fourth-order valence-electron chi connectivity index (χ4n) is 3.85. The zero-order valence-corrected chi connectivity index (χ0v) is 17.8. The van der Waals surface area contributed by atoms with Gasteiger partial charge in [-0.1, -0.05) is 12.1 Å². The van der Waals surface area contributed by atoms with Gasteiger partial charge in [-0.05, 0) is 43.3 Å². The van der Waals surface area contributed by atoms with Gasteiger partial charge >= 0.3 is 0 Å². The van der Waals surface area contributed by atoms with Gasteiger partial charge in [-0.15, -0.1) is 0 Å². The highest BCUT2D eigenvalue weighted by Gasteiger charge is 2.16. The average Bonchev–Trinajstić information content (AvgIpc) is 3.24. The largest absolute Gasteiger partial charge is 0.379 e. The van der Waals surface area contributed by atoms with Gasteiger partial charge in [0, 0.05) is 37.1 Å². The summed E-state index contributed by atoms with van der Waals surface area (Å²) in [5.41, 5.74) is 4.67. The van der Waals surface area contributed by atoms with Gasteiger partial charge in [-0.3, -0.25) is 14.7 Å². The molecule has 1 amide bonds. The van der Waals surface area contributed by atoms with Crippen molar-refractivity contribution in [3.8, 4) is 11.4 Å². The Morgan fingerprint density at radius 1 is 1.12 bits per heavy atom. The van der Waals surface area contributed by atoms with Crippen molar-refractivity contribution in [1.82, 2.24) is 24.8 Å². The van der Waals surface area contributed by atoms with Gasteiger partial charge in [0.15, 0.2) is 0 Å². The molecule has 3 aromatic heterocycles. The van der Waals surface area contributed by atoms with Crippen molar-refractivity contribution < 1.29 is 9.53 Å². The summed E-state index contributed by atoms with van der Waals surface area (Å²) in [5.74, 6) is 0.991. The second kappa shape index (κ2) is 8.86. The van der Waals surface area contributed by atoms with Crippen LogP contribution in [0.3, 0.4) is 0 Å². The van der Waals surface area contributed by atoms with Gasteiger partial charge in [0.25, 0.3) is 5.91 Å². The third-order valence-electron chi connectivity index (χ3n) is 5.47. The van der Waals surface area contributed by atoms with E-state index in [0.717, 1.165) is 55.3 Å². The Morgan fingerprint density at radius 2 is 1.97 bits per heavy atom. The second-order valence-electron chi connectivity index (χ2n) is 7.83. The highest BCUT2D eigenvalue weighted by Crippen LogP contribution is 2.24. The number of aromatic nitrogens is 4. The molecule has 8 nitrogen and oxygen atoms in total. The fraction of sp³-hybridized carbons (Fsp3) is 0.250. The lowest BCUT2D eigenvalue weighted by Crippen LogP contribution is -2.35. The van der Waals surface area contributed by atoms with Gasteiger partial charge in [-0.25, -0.2) is 9.97 Å². The van der Waals surface area contributed by atoms with E-state index in [9.17, 15) is 4.79 Å². The molecule has 0 radical (unpaired) electrons. The zero-order valence-electron chi connectivity index (χ0n) is 17.8. The first kappa shape index (κ1) is 20.3. The highest BCUT2D eigenvalue weighted by atomic mass is 16.5. The van der Waals surface area contributed by atoms with Gasteiger partial charge < -0.3 is 15.0 Å². The number of amides is 1. The summed E-state index contributed by atoms with van der Waals surface area (Å²) in [5, 5.41) is 2.93. The number of ether oxygens (including phenoxy) is 1. The SMILES string of the molecule is Cc1cc(-c2nc3c(C(=O)Nc4cccc(CN5CCOCC5)n4)cccc3[nH]2)ccn1. The lowest BCUT2D eigenvalue weighted by molar-refractivity contribution is 0.0337. The maximum absolute atomic E-state index is 13.1. The number of H-pyrrole nitrogens is 1. The van der Waals surface area contributed by atoms with Gasteiger partial charge in [-0.2, -0.15) is 0 Å². The summed E-state index contributed by atoms with van der Waals surface area (Å²) >= 11 is 0. The number of fused-ring (bicyclic) bond motifs is 1. The van der Waals surface area contributed by atoms with E-state index in [2.05, 4.69) is 25.2 Å². The van der Waals surface area contributed by atoms with Crippen molar-refractivity contribution in [2.75, 3.05) is 31.6 Å². The van der Waals surface area contributed by atoms with Crippen LogP contribution < -0.4 is 5.32 Å². The van der Waals surface area contributed by atoms with Gasteiger partial charge in [0.05, 0.1) is 30.0 Å². The van der Waals surface area contributed by atoms with Crippen LogP contribution in [0.25, 0.3) is 22.4 Å². The van der Waals surface area contributed by atoms with Crippen molar-refractivity contribution in [3.05, 3.63) is 71.7 Å². The number of benzene rings is 1. The Kier molecular flexibility index (Phi) is 5.62. The minimum atomic E-state index is -0.240. The molecule has 8 heteroatoms. The summed E-state index contributed by atoms with van der Waals surface area (Å²) in [7, 11) is 0. The molecule has 0 atom stereocenters. The average molecular weight is 428 g/mol. The third kappa shape index (κ3) is 4.37. The molecule has 0 bridgehead atoms. The molecule has 5 rings (SSSR count). The molecule has 162 valence electrons. The van der Waals surface area contributed by atoms with Crippen molar-refractivity contribution in [3.63, 3.8) is 0 Å². The summed E-state index contributed by atoms with van der Waals surface area (Å²) in [6.45, 7) is 5.93. The van der Waals surface area contributed by atoms with Crippen molar-refractivity contribution in [2.45, 2.75) is 13.5 Å². The number of carbonyl (C=O) groups is 1. The van der Waals surface area contributed by atoms with Crippen LogP contribution in [-0.4, -0.2) is 57.0 Å². The molecule has 1 saturated heterocycles. The number of para-hydroxylation sites is 1. The molecule has 1 aromatic carbocycles. The Labute approximate surface area is 185 Å². The molecule has 0 spiro atoms. The second-order valence-corrected chi connectivity index (χ2v) is 7.83. The third-order valence-corrected chi connectivity index (χ3v) is 5.47. The summed E-state index contributed by atoms with van der Waals surface area (Å²) in [6.07, 6.45) is 1.75. The molecule has 32 heavy (non-hydrogen) atoms. The Bertz CT molecular complexity index is 1260. The number of anilines is 1. The number of imidazole rings is 1. The molecule has 2 N–H and O–H groups in total. The number of hydrogen-bond acceptors (Lipinski definition) is 6. The topological polar surface area (TPSA) is 96.0 Å². The van der Waals surface area contributed by atoms with Crippen LogP contribution in [0.15, 0.2) is 54.7 Å². The maximum atomic E-state index is 13.1. The van der Waals surface area contributed by atoms with Crippen LogP contribution in [0.2, 0.25) is 0 Å². The predicted octanol–water partition coefficient (Wildman–Crippen LogP) is 3.41. The van der Waals surface area contributed by atoms with E-state index in [0.29, 0.717) is 22.7 Å². The minimum absolute atomic E-state index is 0.240. The van der Waals surface area contributed by atoms with E-state index >= 15 is 0 Å². The van der Waals surface area contributed by atoms with Crippen LogP contribution in [0, 0.1) is 6.92 Å². The predicted molar refractivity (Wildman–Crippen MR) is 122 cm³/mol. The molecule has 4 aromatic rings. The first-order valence-electron chi connectivity index (χ1n) is 10.6. The summed E-state index contributed by atoms with van der Waals surface area (Å²) < 4.78 is 5.40. The molecule has 4 heterocycles. The number of pyridine rings is 2. The number of morpholine rings is 1. The van der Waals surface area contributed by atoms with Crippen LogP contribution in [-0.2, 0) is 11.3 Å². The van der Waals surface area contributed by atoms with E-state index in [1.807, 2.05) is 43.3 Å². The molecule has 0 aliphatic carbocycles. The molecular weight excluding hydrogens is 404 g/mol. The Hall–Kier alpha value is -3.62.